The number of thiophene rings is 1. The highest BCUT2D eigenvalue weighted by atomic mass is 32.1. The predicted octanol–water partition coefficient (Wildman–Crippen LogP) is 4.37. The summed E-state index contributed by atoms with van der Waals surface area (Å²) in [5.41, 5.74) is 2.63. The smallest absolute Gasteiger partial charge is 0.246 e. The van der Waals surface area contributed by atoms with Crippen LogP contribution in [0.4, 0.5) is 0 Å². The molecule has 0 spiro atoms. The van der Waals surface area contributed by atoms with E-state index in [4.69, 9.17) is 4.52 Å². The molecule has 1 fully saturated rings. The van der Waals surface area contributed by atoms with E-state index in [2.05, 4.69) is 46.2 Å². The monoisotopic (exact) mass is 424 g/mol. The van der Waals surface area contributed by atoms with Gasteiger partial charge in [-0.1, -0.05) is 41.1 Å². The van der Waals surface area contributed by atoms with Crippen molar-refractivity contribution in [3.05, 3.63) is 58.8 Å². The molecule has 3 aromatic rings. The summed E-state index contributed by atoms with van der Waals surface area (Å²) in [4.78, 5) is 22.8. The van der Waals surface area contributed by atoms with Crippen molar-refractivity contribution in [2.24, 2.45) is 5.92 Å². The third-order valence-electron chi connectivity index (χ3n) is 5.65. The van der Waals surface area contributed by atoms with Gasteiger partial charge in [-0.05, 0) is 56.8 Å². The van der Waals surface area contributed by atoms with Crippen LogP contribution in [-0.2, 0) is 17.9 Å². The molecule has 2 aromatic heterocycles. The van der Waals surface area contributed by atoms with Crippen LogP contribution in [0.15, 0.2) is 46.3 Å². The molecule has 0 saturated carbocycles. The molecule has 0 unspecified atom stereocenters. The van der Waals surface area contributed by atoms with Crippen LogP contribution < -0.4 is 0 Å². The first kappa shape index (κ1) is 20.8. The summed E-state index contributed by atoms with van der Waals surface area (Å²) in [6.45, 7) is 7.99. The summed E-state index contributed by atoms with van der Waals surface area (Å²) in [7, 11) is 0. The van der Waals surface area contributed by atoms with Gasteiger partial charge in [0.15, 0.2) is 0 Å². The fraction of sp³-hybridized carbons (Fsp3) is 0.435. The third-order valence-corrected chi connectivity index (χ3v) is 6.52. The van der Waals surface area contributed by atoms with Gasteiger partial charge in [0.1, 0.15) is 0 Å². The Hall–Kier alpha value is -2.51. The number of amides is 1. The average Bonchev–Trinajstić information content (AvgIpc) is 3.44. The van der Waals surface area contributed by atoms with Gasteiger partial charge in [-0.2, -0.15) is 4.98 Å². The Bertz CT molecular complexity index is 961. The highest BCUT2D eigenvalue weighted by Gasteiger charge is 2.29. The first-order valence-electron chi connectivity index (χ1n) is 10.6. The quantitative estimate of drug-likeness (QED) is 0.564. The minimum atomic E-state index is 0.0680. The van der Waals surface area contributed by atoms with Crippen molar-refractivity contribution in [1.29, 1.82) is 0 Å². The molecule has 1 saturated heterocycles. The maximum Gasteiger partial charge on any atom is 0.246 e. The predicted molar refractivity (Wildman–Crippen MR) is 118 cm³/mol. The second-order valence-corrected chi connectivity index (χ2v) is 8.83. The molecule has 7 heteroatoms. The van der Waals surface area contributed by atoms with Crippen molar-refractivity contribution >= 4 is 17.2 Å². The molecule has 1 aliphatic rings. The van der Waals surface area contributed by atoms with Crippen molar-refractivity contribution < 1.29 is 9.32 Å². The Morgan fingerprint density at radius 1 is 1.27 bits per heavy atom. The molecule has 1 aliphatic heterocycles. The average molecular weight is 425 g/mol. The van der Waals surface area contributed by atoms with Gasteiger partial charge in [0.2, 0.25) is 17.6 Å². The number of piperidine rings is 1. The van der Waals surface area contributed by atoms with Gasteiger partial charge in [-0.15, -0.1) is 11.3 Å². The Labute approximate surface area is 181 Å². The number of likely N-dealkylation sites (tertiary alicyclic amines) is 1. The first-order valence-corrected chi connectivity index (χ1v) is 11.4. The lowest BCUT2D eigenvalue weighted by molar-refractivity contribution is -0.137. The minimum absolute atomic E-state index is 0.0680. The molecule has 0 radical (unpaired) electrons. The van der Waals surface area contributed by atoms with Crippen LogP contribution in [0.25, 0.3) is 10.7 Å². The fourth-order valence-electron chi connectivity index (χ4n) is 4.00. The molecule has 1 amide bonds. The van der Waals surface area contributed by atoms with E-state index in [0.717, 1.165) is 37.4 Å². The van der Waals surface area contributed by atoms with Crippen LogP contribution in [-0.4, -0.2) is 45.5 Å². The van der Waals surface area contributed by atoms with Gasteiger partial charge >= 0.3 is 0 Å². The number of benzene rings is 1. The number of rotatable bonds is 7. The number of aryl methyl sites for hydroxylation is 1. The van der Waals surface area contributed by atoms with Gasteiger partial charge in [0, 0.05) is 19.0 Å². The molecular formula is C23H28N4O2S. The van der Waals surface area contributed by atoms with E-state index in [-0.39, 0.29) is 11.8 Å². The van der Waals surface area contributed by atoms with Crippen LogP contribution in [0.5, 0.6) is 0 Å². The van der Waals surface area contributed by atoms with Crippen molar-refractivity contribution in [2.75, 3.05) is 19.6 Å². The van der Waals surface area contributed by atoms with Crippen molar-refractivity contribution in [1.82, 2.24) is 19.9 Å². The van der Waals surface area contributed by atoms with E-state index >= 15 is 0 Å². The van der Waals surface area contributed by atoms with Crippen LogP contribution in [0.2, 0.25) is 0 Å². The maximum atomic E-state index is 13.1. The van der Waals surface area contributed by atoms with E-state index < -0.39 is 0 Å². The number of nitrogens with zero attached hydrogens (tertiary/aromatic N) is 4. The summed E-state index contributed by atoms with van der Waals surface area (Å²) < 4.78 is 5.39. The molecule has 30 heavy (non-hydrogen) atoms. The number of carbonyl (C=O) groups excluding carboxylic acids is 1. The number of hydrogen-bond acceptors (Lipinski definition) is 6. The molecule has 0 N–H and O–H groups in total. The van der Waals surface area contributed by atoms with E-state index in [9.17, 15) is 4.79 Å². The Morgan fingerprint density at radius 2 is 2.10 bits per heavy atom. The molecule has 3 heterocycles. The zero-order chi connectivity index (χ0) is 20.9. The Morgan fingerprint density at radius 3 is 2.80 bits per heavy atom. The fourth-order valence-corrected chi connectivity index (χ4v) is 4.65. The zero-order valence-electron chi connectivity index (χ0n) is 17.6. The van der Waals surface area contributed by atoms with E-state index in [1.807, 2.05) is 29.3 Å². The molecule has 158 valence electrons. The molecule has 0 atom stereocenters. The van der Waals surface area contributed by atoms with Gasteiger partial charge in [-0.25, -0.2) is 0 Å². The van der Waals surface area contributed by atoms with Gasteiger partial charge in [0.25, 0.3) is 0 Å². The Balaban J connectivity index is 1.31. The van der Waals surface area contributed by atoms with E-state index in [1.54, 1.807) is 11.3 Å². The van der Waals surface area contributed by atoms with Gasteiger partial charge in [-0.3, -0.25) is 9.69 Å². The minimum Gasteiger partial charge on any atom is -0.337 e. The number of carbonyl (C=O) groups is 1. The highest BCUT2D eigenvalue weighted by molar-refractivity contribution is 7.13. The normalized spacial score (nSPS) is 15.4. The lowest BCUT2D eigenvalue weighted by Gasteiger charge is -2.33. The van der Waals surface area contributed by atoms with Crippen molar-refractivity contribution in [2.45, 2.75) is 39.8 Å². The van der Waals surface area contributed by atoms with Crippen LogP contribution in [0, 0.1) is 12.8 Å². The molecular weight excluding hydrogens is 396 g/mol. The molecule has 0 aliphatic carbocycles. The summed E-state index contributed by atoms with van der Waals surface area (Å²) in [6.07, 6.45) is 1.79. The second kappa shape index (κ2) is 9.53. The van der Waals surface area contributed by atoms with Gasteiger partial charge in [0.05, 0.1) is 11.4 Å². The summed E-state index contributed by atoms with van der Waals surface area (Å²) in [5, 5.41) is 6.04. The largest absolute Gasteiger partial charge is 0.337 e. The van der Waals surface area contributed by atoms with E-state index in [1.165, 1.54) is 11.1 Å². The highest BCUT2D eigenvalue weighted by Crippen LogP contribution is 2.24. The van der Waals surface area contributed by atoms with Crippen LogP contribution in [0.1, 0.15) is 36.8 Å². The third kappa shape index (κ3) is 4.96. The lowest BCUT2D eigenvalue weighted by Crippen LogP contribution is -2.42. The molecule has 1 aromatic carbocycles. The summed E-state index contributed by atoms with van der Waals surface area (Å²) in [5.74, 6) is 1.35. The first-order chi connectivity index (χ1) is 14.6. The topological polar surface area (TPSA) is 62.5 Å². The molecule has 0 bridgehead atoms. The lowest BCUT2D eigenvalue weighted by atomic mass is 9.94. The van der Waals surface area contributed by atoms with Crippen molar-refractivity contribution in [3.8, 4) is 10.7 Å². The van der Waals surface area contributed by atoms with Crippen molar-refractivity contribution in [3.63, 3.8) is 0 Å². The zero-order valence-corrected chi connectivity index (χ0v) is 18.4. The SMILES string of the molecule is CCN(Cc1nc(-c2cccs2)no1)C(=O)C1CCN(Cc2cccc(C)c2)CC1. The summed E-state index contributed by atoms with van der Waals surface area (Å²) in [6, 6.07) is 12.6. The van der Waals surface area contributed by atoms with Gasteiger partial charge < -0.3 is 9.42 Å². The van der Waals surface area contributed by atoms with E-state index in [0.29, 0.717) is 24.8 Å². The molecule has 4 rings (SSSR count). The summed E-state index contributed by atoms with van der Waals surface area (Å²) >= 11 is 1.57. The Kier molecular flexibility index (Phi) is 6.59. The van der Waals surface area contributed by atoms with Crippen LogP contribution >= 0.6 is 11.3 Å². The number of aromatic nitrogens is 2. The maximum absolute atomic E-state index is 13.1. The van der Waals surface area contributed by atoms with Crippen LogP contribution in [0.3, 0.4) is 0 Å². The second-order valence-electron chi connectivity index (χ2n) is 7.88. The number of hydrogen-bond donors (Lipinski definition) is 0. The standard InChI is InChI=1S/C23H28N4O2S/c1-3-27(16-21-24-22(25-29-21)20-8-5-13-30-20)23(28)19-9-11-26(12-10-19)15-18-7-4-6-17(2)14-18/h4-8,13-14,19H,3,9-12,15-16H2,1-2H3. The molecule has 6 nitrogen and oxygen atoms in total.